The molecule has 5 nitrogen and oxygen atoms in total. The molecule has 0 aliphatic heterocycles. The molecule has 0 aliphatic carbocycles. The number of nitrogens with one attached hydrogen (secondary N) is 2. The predicted octanol–water partition coefficient (Wildman–Crippen LogP) is 1.64. The lowest BCUT2D eigenvalue weighted by molar-refractivity contribution is 0.474. The van der Waals surface area contributed by atoms with Crippen molar-refractivity contribution in [3.63, 3.8) is 0 Å². The molecular weight excluding hydrogens is 192 g/mol. The largest absolute Gasteiger partial charge is 0.407 e. The van der Waals surface area contributed by atoms with Crippen molar-refractivity contribution in [2.24, 2.45) is 5.92 Å². The van der Waals surface area contributed by atoms with Gasteiger partial charge in [0, 0.05) is 6.04 Å². The molecule has 5 heteroatoms. The minimum absolute atomic E-state index is 0.355. The van der Waals surface area contributed by atoms with Crippen molar-refractivity contribution in [2.45, 2.75) is 39.8 Å². The van der Waals surface area contributed by atoms with Gasteiger partial charge in [-0.3, -0.25) is 0 Å². The Bertz CT molecular complexity index is 285. The number of anilines is 1. The van der Waals surface area contributed by atoms with Crippen LogP contribution in [0.25, 0.3) is 0 Å². The fourth-order valence-corrected chi connectivity index (χ4v) is 1.51. The third kappa shape index (κ3) is 4.29. The summed E-state index contributed by atoms with van der Waals surface area (Å²) < 4.78 is 5.38. The van der Waals surface area contributed by atoms with Gasteiger partial charge in [0.05, 0.1) is 6.54 Å². The van der Waals surface area contributed by atoms with Crippen LogP contribution in [0, 0.1) is 5.92 Å². The van der Waals surface area contributed by atoms with Gasteiger partial charge in [0.25, 0.3) is 0 Å². The van der Waals surface area contributed by atoms with E-state index in [0.717, 1.165) is 6.42 Å². The fraction of sp³-hybridized carbons (Fsp3) is 0.800. The van der Waals surface area contributed by atoms with Crippen molar-refractivity contribution in [3.05, 3.63) is 5.89 Å². The topological polar surface area (TPSA) is 63.0 Å². The molecule has 0 fully saturated rings. The highest BCUT2D eigenvalue weighted by Crippen LogP contribution is 2.11. The van der Waals surface area contributed by atoms with Crippen LogP contribution in [0.1, 0.15) is 33.1 Å². The maximum absolute atomic E-state index is 5.38. The van der Waals surface area contributed by atoms with Crippen molar-refractivity contribution >= 4 is 6.01 Å². The summed E-state index contributed by atoms with van der Waals surface area (Å²) in [6, 6.07) is 0.862. The standard InChI is InChI=1S/C10H20N4O/c1-7(2)5-8(3)12-10-14-13-9(15-10)6-11-4/h7-8,11H,5-6H2,1-4H3,(H,12,14). The lowest BCUT2D eigenvalue weighted by Crippen LogP contribution is -2.17. The van der Waals surface area contributed by atoms with Crippen LogP contribution in [0.15, 0.2) is 4.42 Å². The predicted molar refractivity (Wildman–Crippen MR) is 59.6 cm³/mol. The quantitative estimate of drug-likeness (QED) is 0.750. The second kappa shape index (κ2) is 5.70. The van der Waals surface area contributed by atoms with Gasteiger partial charge in [-0.25, -0.2) is 0 Å². The van der Waals surface area contributed by atoms with Crippen LogP contribution in [-0.2, 0) is 6.54 Å². The van der Waals surface area contributed by atoms with Gasteiger partial charge in [-0.1, -0.05) is 18.9 Å². The molecule has 0 spiro atoms. The van der Waals surface area contributed by atoms with Gasteiger partial charge in [0.1, 0.15) is 0 Å². The molecule has 0 aromatic carbocycles. The van der Waals surface area contributed by atoms with Gasteiger partial charge in [0.15, 0.2) is 0 Å². The molecule has 1 heterocycles. The normalized spacial score (nSPS) is 13.1. The van der Waals surface area contributed by atoms with E-state index in [1.54, 1.807) is 0 Å². The first-order valence-electron chi connectivity index (χ1n) is 5.35. The Hall–Kier alpha value is -1.10. The summed E-state index contributed by atoms with van der Waals surface area (Å²) in [5, 5.41) is 14.0. The highest BCUT2D eigenvalue weighted by molar-refractivity contribution is 5.18. The Morgan fingerprint density at radius 3 is 2.60 bits per heavy atom. The van der Waals surface area contributed by atoms with Gasteiger partial charge in [-0.15, -0.1) is 5.10 Å². The first-order chi connectivity index (χ1) is 7.11. The SMILES string of the molecule is CNCc1nnc(NC(C)CC(C)C)o1. The molecule has 0 radical (unpaired) electrons. The van der Waals surface area contributed by atoms with Gasteiger partial charge < -0.3 is 15.1 Å². The molecule has 1 unspecified atom stereocenters. The summed E-state index contributed by atoms with van der Waals surface area (Å²) in [4.78, 5) is 0. The molecule has 0 bridgehead atoms. The lowest BCUT2D eigenvalue weighted by Gasteiger charge is -2.13. The summed E-state index contributed by atoms with van der Waals surface area (Å²) in [6.07, 6.45) is 1.09. The fourth-order valence-electron chi connectivity index (χ4n) is 1.51. The van der Waals surface area contributed by atoms with E-state index in [2.05, 4.69) is 41.6 Å². The monoisotopic (exact) mass is 212 g/mol. The van der Waals surface area contributed by atoms with Gasteiger partial charge in [0.2, 0.25) is 5.89 Å². The van der Waals surface area contributed by atoms with E-state index in [0.29, 0.717) is 30.4 Å². The number of rotatable bonds is 6. The first kappa shape index (κ1) is 12.0. The maximum atomic E-state index is 5.38. The van der Waals surface area contributed by atoms with E-state index in [1.165, 1.54) is 0 Å². The van der Waals surface area contributed by atoms with Gasteiger partial charge in [-0.05, 0) is 26.3 Å². The number of aromatic nitrogens is 2. The van der Waals surface area contributed by atoms with Crippen LogP contribution >= 0.6 is 0 Å². The minimum Gasteiger partial charge on any atom is -0.407 e. The lowest BCUT2D eigenvalue weighted by atomic mass is 10.1. The molecule has 1 aromatic rings. The van der Waals surface area contributed by atoms with E-state index < -0.39 is 0 Å². The molecule has 15 heavy (non-hydrogen) atoms. The van der Waals surface area contributed by atoms with Gasteiger partial charge >= 0.3 is 6.01 Å². The summed E-state index contributed by atoms with van der Waals surface area (Å²) in [7, 11) is 1.85. The zero-order chi connectivity index (χ0) is 11.3. The zero-order valence-electron chi connectivity index (χ0n) is 9.87. The van der Waals surface area contributed by atoms with Crippen LogP contribution in [0.3, 0.4) is 0 Å². The second-order valence-corrected chi connectivity index (χ2v) is 4.21. The molecule has 0 aliphatic rings. The second-order valence-electron chi connectivity index (χ2n) is 4.21. The Morgan fingerprint density at radius 1 is 1.27 bits per heavy atom. The van der Waals surface area contributed by atoms with E-state index in [-0.39, 0.29) is 0 Å². The molecule has 1 aromatic heterocycles. The average Bonchev–Trinajstić information content (AvgIpc) is 2.51. The summed E-state index contributed by atoms with van der Waals surface area (Å²) in [5.41, 5.74) is 0. The van der Waals surface area contributed by atoms with Crippen molar-refractivity contribution in [1.29, 1.82) is 0 Å². The van der Waals surface area contributed by atoms with E-state index in [9.17, 15) is 0 Å². The van der Waals surface area contributed by atoms with Crippen LogP contribution in [-0.4, -0.2) is 23.3 Å². The van der Waals surface area contributed by atoms with Gasteiger partial charge in [-0.2, -0.15) is 0 Å². The Labute approximate surface area is 90.7 Å². The molecule has 0 amide bonds. The van der Waals surface area contributed by atoms with E-state index in [4.69, 9.17) is 4.42 Å². The maximum Gasteiger partial charge on any atom is 0.315 e. The number of hydrogen-bond donors (Lipinski definition) is 2. The van der Waals surface area contributed by atoms with Crippen molar-refractivity contribution in [1.82, 2.24) is 15.5 Å². The van der Waals surface area contributed by atoms with Crippen molar-refractivity contribution < 1.29 is 4.42 Å². The Morgan fingerprint density at radius 2 is 2.00 bits per heavy atom. The summed E-state index contributed by atoms with van der Waals surface area (Å²) in [6.45, 7) is 7.10. The number of hydrogen-bond acceptors (Lipinski definition) is 5. The molecule has 86 valence electrons. The third-order valence-corrected chi connectivity index (χ3v) is 1.99. The first-order valence-corrected chi connectivity index (χ1v) is 5.35. The van der Waals surface area contributed by atoms with Crippen LogP contribution in [0.4, 0.5) is 6.01 Å². The minimum atomic E-state index is 0.355. The Balaban J connectivity index is 2.42. The van der Waals surface area contributed by atoms with Crippen molar-refractivity contribution in [3.8, 4) is 0 Å². The molecule has 0 saturated heterocycles. The number of nitrogens with zero attached hydrogens (tertiary/aromatic N) is 2. The summed E-state index contributed by atoms with van der Waals surface area (Å²) in [5.74, 6) is 1.27. The summed E-state index contributed by atoms with van der Waals surface area (Å²) >= 11 is 0. The highest BCUT2D eigenvalue weighted by Gasteiger charge is 2.09. The van der Waals surface area contributed by atoms with Crippen LogP contribution in [0.5, 0.6) is 0 Å². The van der Waals surface area contributed by atoms with E-state index in [1.807, 2.05) is 7.05 Å². The Kier molecular flexibility index (Phi) is 4.55. The van der Waals surface area contributed by atoms with Crippen LogP contribution < -0.4 is 10.6 Å². The van der Waals surface area contributed by atoms with E-state index >= 15 is 0 Å². The zero-order valence-corrected chi connectivity index (χ0v) is 9.87. The molecule has 1 rings (SSSR count). The molecule has 2 N–H and O–H groups in total. The molecule has 1 atom stereocenters. The highest BCUT2D eigenvalue weighted by atomic mass is 16.4. The van der Waals surface area contributed by atoms with Crippen LogP contribution in [0.2, 0.25) is 0 Å². The molecule has 0 saturated carbocycles. The smallest absolute Gasteiger partial charge is 0.315 e. The average molecular weight is 212 g/mol. The van der Waals surface area contributed by atoms with Crippen molar-refractivity contribution in [2.75, 3.05) is 12.4 Å². The molecular formula is C10H20N4O. The third-order valence-electron chi connectivity index (χ3n) is 1.99.